The molecule has 0 saturated carbocycles. The predicted molar refractivity (Wildman–Crippen MR) is 172 cm³/mol. The SMILES string of the molecule is COC(=O)[C@@](CO)(C(=O)OCc1ccccc1)N(C(=O)c1cc2ccc(OCc3ccccc3)cc2cn1)C(=O)[C@@H](N)Cc1c[nH]cn1. The Balaban J connectivity index is 1.51. The molecule has 4 N–H and O–H groups in total. The number of amides is 2. The molecule has 2 heterocycles. The molecule has 48 heavy (non-hydrogen) atoms. The maximum atomic E-state index is 14.3. The fraction of sp³-hybridized carbons (Fsp3) is 0.200. The van der Waals surface area contributed by atoms with E-state index in [9.17, 15) is 24.3 Å². The molecule has 0 fully saturated rings. The number of imide groups is 1. The van der Waals surface area contributed by atoms with Crippen molar-refractivity contribution in [1.82, 2.24) is 19.9 Å². The van der Waals surface area contributed by atoms with Gasteiger partial charge in [0.25, 0.3) is 11.4 Å². The minimum absolute atomic E-state index is 0.176. The maximum absolute atomic E-state index is 14.3. The molecule has 13 heteroatoms. The van der Waals surface area contributed by atoms with Crippen molar-refractivity contribution in [1.29, 1.82) is 0 Å². The molecule has 0 aliphatic carbocycles. The molecule has 0 bridgehead atoms. The van der Waals surface area contributed by atoms with E-state index >= 15 is 0 Å². The van der Waals surface area contributed by atoms with Gasteiger partial charge in [-0.3, -0.25) is 14.6 Å². The molecule has 0 unspecified atom stereocenters. The standard InChI is InChI=1S/C35H33N5O8/c1-46-33(44)35(21-41,34(45)48-20-24-10-6-3-7-11-24)40(31(42)29(36)16-27-18-37-22-39-27)32(43)30-15-25-12-13-28(14-26(25)17-38-30)47-19-23-8-4-2-5-9-23/h2-15,17-18,22,29,41H,16,19-21,36H2,1H3,(H,37,39)/t29-,35-/m0/s1. The molecule has 2 atom stereocenters. The number of carbonyl (C=O) groups is 4. The van der Waals surface area contributed by atoms with Crippen LogP contribution < -0.4 is 10.5 Å². The van der Waals surface area contributed by atoms with Gasteiger partial charge in [0.05, 0.1) is 31.8 Å². The van der Waals surface area contributed by atoms with Gasteiger partial charge in [0, 0.05) is 24.2 Å². The number of esters is 2. The minimum atomic E-state index is -2.97. The summed E-state index contributed by atoms with van der Waals surface area (Å²) in [5, 5.41) is 11.8. The van der Waals surface area contributed by atoms with Gasteiger partial charge in [-0.25, -0.2) is 19.5 Å². The lowest BCUT2D eigenvalue weighted by molar-refractivity contribution is -0.179. The molecule has 246 valence electrons. The summed E-state index contributed by atoms with van der Waals surface area (Å²) >= 11 is 0. The molecule has 2 aromatic heterocycles. The lowest BCUT2D eigenvalue weighted by Crippen LogP contribution is -2.69. The summed E-state index contributed by atoms with van der Waals surface area (Å²) in [4.78, 5) is 66.9. The van der Waals surface area contributed by atoms with Crippen molar-refractivity contribution in [2.45, 2.75) is 31.2 Å². The molecule has 5 aromatic rings. The highest BCUT2D eigenvalue weighted by molar-refractivity contribution is 6.17. The van der Waals surface area contributed by atoms with Crippen LogP contribution in [0.15, 0.2) is 104 Å². The summed E-state index contributed by atoms with van der Waals surface area (Å²) in [5.74, 6) is -4.64. The number of aromatic nitrogens is 3. The van der Waals surface area contributed by atoms with E-state index in [0.29, 0.717) is 34.4 Å². The van der Waals surface area contributed by atoms with Crippen LogP contribution in [0.1, 0.15) is 27.3 Å². The number of nitrogens with one attached hydrogen (secondary N) is 1. The number of rotatable bonds is 13. The molecule has 0 aliphatic heterocycles. The first kappa shape index (κ1) is 33.4. The van der Waals surface area contributed by atoms with Gasteiger partial charge in [0.15, 0.2) is 0 Å². The van der Waals surface area contributed by atoms with Gasteiger partial charge in [-0.05, 0) is 34.7 Å². The zero-order valence-corrected chi connectivity index (χ0v) is 25.9. The van der Waals surface area contributed by atoms with Gasteiger partial charge in [-0.1, -0.05) is 66.7 Å². The van der Waals surface area contributed by atoms with Gasteiger partial charge < -0.3 is 30.0 Å². The largest absolute Gasteiger partial charge is 0.489 e. The Hall–Kier alpha value is -5.92. The number of nitrogens with zero attached hydrogens (tertiary/aromatic N) is 3. The minimum Gasteiger partial charge on any atom is -0.489 e. The second-order valence-corrected chi connectivity index (χ2v) is 10.8. The highest BCUT2D eigenvalue weighted by Gasteiger charge is 2.59. The number of imidazole rings is 1. The van der Waals surface area contributed by atoms with Crippen molar-refractivity contribution in [3.8, 4) is 5.75 Å². The van der Waals surface area contributed by atoms with Crippen molar-refractivity contribution in [3.63, 3.8) is 0 Å². The van der Waals surface area contributed by atoms with Crippen LogP contribution >= 0.6 is 0 Å². The molecule has 0 radical (unpaired) electrons. The third kappa shape index (κ3) is 7.22. The van der Waals surface area contributed by atoms with Crippen LogP contribution in [0.4, 0.5) is 0 Å². The zero-order chi connectivity index (χ0) is 34.1. The number of benzene rings is 3. The second kappa shape index (κ2) is 15.1. The monoisotopic (exact) mass is 651 g/mol. The number of hydrogen-bond acceptors (Lipinski definition) is 11. The number of methoxy groups -OCH3 is 1. The number of aliphatic hydroxyl groups excluding tert-OH is 1. The Kier molecular flexibility index (Phi) is 10.5. The Labute approximate surface area is 275 Å². The van der Waals surface area contributed by atoms with E-state index in [1.165, 1.54) is 24.8 Å². The summed E-state index contributed by atoms with van der Waals surface area (Å²) in [6.45, 7) is -1.37. The second-order valence-electron chi connectivity index (χ2n) is 10.8. The first-order valence-electron chi connectivity index (χ1n) is 14.9. The molecule has 2 amide bonds. The lowest BCUT2D eigenvalue weighted by atomic mass is 9.95. The fourth-order valence-corrected chi connectivity index (χ4v) is 5.00. The quantitative estimate of drug-likeness (QED) is 0.126. The van der Waals surface area contributed by atoms with E-state index in [-0.39, 0.29) is 23.6 Å². The van der Waals surface area contributed by atoms with E-state index in [0.717, 1.165) is 12.7 Å². The summed E-state index contributed by atoms with van der Waals surface area (Å²) in [5.41, 5.74) is 4.85. The number of aromatic amines is 1. The lowest BCUT2D eigenvalue weighted by Gasteiger charge is -2.37. The van der Waals surface area contributed by atoms with Crippen LogP contribution in [0.2, 0.25) is 0 Å². The van der Waals surface area contributed by atoms with Gasteiger partial charge in [0.1, 0.15) is 24.7 Å². The Morgan fingerprint density at radius 2 is 1.58 bits per heavy atom. The van der Waals surface area contributed by atoms with Crippen molar-refractivity contribution >= 4 is 34.5 Å². The average molecular weight is 652 g/mol. The third-order valence-corrected chi connectivity index (χ3v) is 7.57. The topological polar surface area (TPSA) is 187 Å². The normalized spacial score (nSPS) is 12.8. The molecule has 13 nitrogen and oxygen atoms in total. The van der Waals surface area contributed by atoms with E-state index in [1.54, 1.807) is 48.5 Å². The molecule has 0 aliphatic rings. The number of nitrogens with two attached hydrogens (primary N) is 1. The number of pyridine rings is 1. The number of hydrogen-bond donors (Lipinski definition) is 3. The van der Waals surface area contributed by atoms with Crippen LogP contribution in [0.25, 0.3) is 10.8 Å². The van der Waals surface area contributed by atoms with E-state index in [2.05, 4.69) is 15.0 Å². The highest BCUT2D eigenvalue weighted by Crippen LogP contribution is 2.27. The molecule has 3 aromatic carbocycles. The number of H-pyrrole nitrogens is 1. The van der Waals surface area contributed by atoms with Crippen molar-refractivity contribution in [2.24, 2.45) is 5.73 Å². The fourth-order valence-electron chi connectivity index (χ4n) is 5.00. The molecule has 0 saturated heterocycles. The molecular formula is C35H33N5O8. The Bertz CT molecular complexity index is 1890. The third-order valence-electron chi connectivity index (χ3n) is 7.57. The van der Waals surface area contributed by atoms with Crippen molar-refractivity contribution in [3.05, 3.63) is 126 Å². The molecule has 5 rings (SSSR count). The summed E-state index contributed by atoms with van der Waals surface area (Å²) in [6, 6.07) is 23.1. The first-order chi connectivity index (χ1) is 23.3. The zero-order valence-electron chi connectivity index (χ0n) is 25.9. The van der Waals surface area contributed by atoms with Crippen molar-refractivity contribution < 1.29 is 38.5 Å². The molecular weight excluding hydrogens is 618 g/mol. The maximum Gasteiger partial charge on any atom is 0.347 e. The summed E-state index contributed by atoms with van der Waals surface area (Å²) in [7, 11) is 0.944. The van der Waals surface area contributed by atoms with Crippen LogP contribution in [-0.2, 0) is 43.5 Å². The number of carbonyl (C=O) groups excluding carboxylic acids is 4. The molecule has 0 spiro atoms. The van der Waals surface area contributed by atoms with E-state index < -0.39 is 41.9 Å². The summed E-state index contributed by atoms with van der Waals surface area (Å²) in [6.07, 6.45) is 4.08. The van der Waals surface area contributed by atoms with Gasteiger partial charge in [-0.15, -0.1) is 0 Å². The smallest absolute Gasteiger partial charge is 0.347 e. The summed E-state index contributed by atoms with van der Waals surface area (Å²) < 4.78 is 16.2. The first-order valence-corrected chi connectivity index (χ1v) is 14.9. The van der Waals surface area contributed by atoms with Gasteiger partial charge in [-0.2, -0.15) is 0 Å². The highest BCUT2D eigenvalue weighted by atomic mass is 16.6. The number of ether oxygens (including phenoxy) is 3. The van der Waals surface area contributed by atoms with Crippen LogP contribution in [0, 0.1) is 0 Å². The van der Waals surface area contributed by atoms with E-state index in [1.807, 2.05) is 30.3 Å². The van der Waals surface area contributed by atoms with Crippen molar-refractivity contribution in [2.75, 3.05) is 13.7 Å². The van der Waals surface area contributed by atoms with Crippen LogP contribution in [0.5, 0.6) is 5.75 Å². The van der Waals surface area contributed by atoms with Crippen LogP contribution in [0.3, 0.4) is 0 Å². The average Bonchev–Trinajstić information content (AvgIpc) is 3.64. The Morgan fingerprint density at radius 1 is 0.896 bits per heavy atom. The predicted octanol–water partition coefficient (Wildman–Crippen LogP) is 2.72. The van der Waals surface area contributed by atoms with Gasteiger partial charge in [0.2, 0.25) is 5.91 Å². The van der Waals surface area contributed by atoms with Gasteiger partial charge >= 0.3 is 11.9 Å². The number of aliphatic hydroxyl groups is 1. The van der Waals surface area contributed by atoms with E-state index in [4.69, 9.17) is 19.9 Å². The van der Waals surface area contributed by atoms with Crippen LogP contribution in [-0.4, -0.2) is 74.0 Å². The Morgan fingerprint density at radius 3 is 2.21 bits per heavy atom. The number of fused-ring (bicyclic) bond motifs is 1.